The lowest BCUT2D eigenvalue weighted by Crippen LogP contribution is -2.66. The minimum Gasteiger partial charge on any atom is -0.497 e. The number of nitrogens with one attached hydrogen (secondary N) is 1. The Morgan fingerprint density at radius 3 is 2.90 bits per heavy atom. The summed E-state index contributed by atoms with van der Waals surface area (Å²) in [5.41, 5.74) is 3.19. The quantitative estimate of drug-likeness (QED) is 0.609. The fourth-order valence-corrected chi connectivity index (χ4v) is 5.89. The Hall–Kier alpha value is -2.27. The molecule has 0 bridgehead atoms. The molecule has 2 N–H and O–H groups in total. The number of fused-ring (bicyclic) bond motifs is 4. The molecule has 1 aromatic heterocycles. The van der Waals surface area contributed by atoms with Crippen LogP contribution < -0.4 is 4.74 Å². The molecular weight excluding hydrogens is 396 g/mol. The molecule has 1 saturated heterocycles. The second-order valence-corrected chi connectivity index (χ2v) is 9.12. The van der Waals surface area contributed by atoms with Crippen molar-refractivity contribution in [2.24, 2.45) is 0 Å². The van der Waals surface area contributed by atoms with E-state index in [0.29, 0.717) is 13.0 Å². The summed E-state index contributed by atoms with van der Waals surface area (Å²) in [5.74, 6) is 0.822. The smallest absolute Gasteiger partial charge is 0.119 e. The Morgan fingerprint density at radius 2 is 2.10 bits per heavy atom. The van der Waals surface area contributed by atoms with Gasteiger partial charge in [0, 0.05) is 42.4 Å². The highest BCUT2D eigenvalue weighted by Gasteiger charge is 2.57. The van der Waals surface area contributed by atoms with E-state index in [1.165, 1.54) is 11.3 Å². The highest BCUT2D eigenvalue weighted by atomic mass is 35.5. The Bertz CT molecular complexity index is 1120. The Labute approximate surface area is 182 Å². The largest absolute Gasteiger partial charge is 0.497 e. The number of aromatic nitrogens is 1. The van der Waals surface area contributed by atoms with Crippen LogP contribution in [0.25, 0.3) is 10.9 Å². The number of piperidine rings is 1. The number of β-amino-alcohol motifs (C(OH)–C–C–N with tert-alkyl or cyclic N) is 1. The number of H-pyrrole nitrogens is 1. The molecule has 0 amide bonds. The molecule has 1 fully saturated rings. The van der Waals surface area contributed by atoms with Crippen LogP contribution in [0.2, 0.25) is 5.02 Å². The van der Waals surface area contributed by atoms with Crippen molar-refractivity contribution in [3.63, 3.8) is 0 Å². The number of aromatic amines is 1. The maximum atomic E-state index is 12.3. The molecule has 4 nitrogen and oxygen atoms in total. The molecule has 30 heavy (non-hydrogen) atoms. The van der Waals surface area contributed by atoms with E-state index in [-0.39, 0.29) is 5.41 Å². The van der Waals surface area contributed by atoms with Gasteiger partial charge in [0.05, 0.1) is 23.3 Å². The topological polar surface area (TPSA) is 48.5 Å². The minimum absolute atomic E-state index is 0.389. The van der Waals surface area contributed by atoms with Crippen LogP contribution in [-0.2, 0) is 18.3 Å². The zero-order chi connectivity index (χ0) is 20.9. The number of ether oxygens (including phenoxy) is 1. The van der Waals surface area contributed by atoms with Gasteiger partial charge in [-0.3, -0.25) is 4.90 Å². The van der Waals surface area contributed by atoms with Gasteiger partial charge in [-0.15, -0.1) is 6.58 Å². The molecule has 0 saturated carbocycles. The number of halogens is 1. The van der Waals surface area contributed by atoms with Crippen molar-refractivity contribution in [2.75, 3.05) is 26.7 Å². The summed E-state index contributed by atoms with van der Waals surface area (Å²) in [5, 5.41) is 14.1. The SMILES string of the molecule is C=CCN1CC[C@@]2(c3cccc(OC)c3)Cc3[nH]c4c(Cl)cccc4c3C[C@]2(O)C1. The van der Waals surface area contributed by atoms with Crippen LogP contribution in [0.15, 0.2) is 55.1 Å². The molecular formula is C25H27ClN2O2. The molecule has 3 aromatic rings. The van der Waals surface area contributed by atoms with E-state index in [4.69, 9.17) is 16.3 Å². The van der Waals surface area contributed by atoms with E-state index in [1.807, 2.05) is 30.3 Å². The molecule has 5 heteroatoms. The van der Waals surface area contributed by atoms with Gasteiger partial charge >= 0.3 is 0 Å². The van der Waals surface area contributed by atoms with E-state index in [2.05, 4.69) is 34.7 Å². The first-order valence-corrected chi connectivity index (χ1v) is 10.9. The third kappa shape index (κ3) is 2.82. The minimum atomic E-state index is -0.898. The standard InChI is InChI=1S/C25H27ClN2O2/c1-3-11-28-12-10-24(17-6-4-7-18(13-17)30-2)15-22-20(14-25(24,29)16-28)19-8-5-9-21(26)23(19)27-22/h3-9,13,27,29H,1,10-12,14-16H2,2H3/t24-,25-/m0/s1. The van der Waals surface area contributed by atoms with Crippen LogP contribution >= 0.6 is 11.6 Å². The summed E-state index contributed by atoms with van der Waals surface area (Å²) in [7, 11) is 1.69. The number of benzene rings is 2. The van der Waals surface area contributed by atoms with Crippen molar-refractivity contribution in [3.8, 4) is 5.75 Å². The highest BCUT2D eigenvalue weighted by molar-refractivity contribution is 6.35. The summed E-state index contributed by atoms with van der Waals surface area (Å²) in [4.78, 5) is 5.89. The zero-order valence-corrected chi connectivity index (χ0v) is 18.0. The fourth-order valence-electron chi connectivity index (χ4n) is 5.67. The fraction of sp³-hybridized carbons (Fsp3) is 0.360. The van der Waals surface area contributed by atoms with E-state index >= 15 is 0 Å². The summed E-state index contributed by atoms with van der Waals surface area (Å²) in [6.45, 7) is 6.21. The van der Waals surface area contributed by atoms with Crippen molar-refractivity contribution >= 4 is 22.5 Å². The van der Waals surface area contributed by atoms with E-state index in [1.54, 1.807) is 7.11 Å². The van der Waals surface area contributed by atoms with Crippen molar-refractivity contribution in [1.29, 1.82) is 0 Å². The normalized spacial score (nSPS) is 26.2. The molecule has 2 aliphatic rings. The maximum Gasteiger partial charge on any atom is 0.119 e. The van der Waals surface area contributed by atoms with E-state index < -0.39 is 5.60 Å². The summed E-state index contributed by atoms with van der Waals surface area (Å²) in [6.07, 6.45) is 4.13. The predicted octanol–water partition coefficient (Wildman–Crippen LogP) is 4.49. The molecule has 156 valence electrons. The van der Waals surface area contributed by atoms with Gasteiger partial charge in [0.1, 0.15) is 5.75 Å². The third-order valence-electron chi connectivity index (χ3n) is 7.17. The Morgan fingerprint density at radius 1 is 1.27 bits per heavy atom. The van der Waals surface area contributed by atoms with Crippen molar-refractivity contribution in [3.05, 3.63) is 77.0 Å². The van der Waals surface area contributed by atoms with Crippen LogP contribution in [0.1, 0.15) is 23.2 Å². The van der Waals surface area contributed by atoms with Gasteiger partial charge in [0.25, 0.3) is 0 Å². The van der Waals surface area contributed by atoms with E-state index in [0.717, 1.165) is 53.2 Å². The first-order chi connectivity index (χ1) is 14.5. The number of nitrogens with zero attached hydrogens (tertiary/aromatic N) is 1. The highest BCUT2D eigenvalue weighted by Crippen LogP contribution is 2.52. The zero-order valence-electron chi connectivity index (χ0n) is 17.2. The lowest BCUT2D eigenvalue weighted by Gasteiger charge is -2.56. The number of methoxy groups -OCH3 is 1. The molecule has 1 aliphatic carbocycles. The third-order valence-corrected chi connectivity index (χ3v) is 7.48. The summed E-state index contributed by atoms with van der Waals surface area (Å²) >= 11 is 6.49. The van der Waals surface area contributed by atoms with Gasteiger partial charge in [-0.05, 0) is 42.3 Å². The van der Waals surface area contributed by atoms with Gasteiger partial charge < -0.3 is 14.8 Å². The van der Waals surface area contributed by atoms with Crippen LogP contribution in [0.5, 0.6) is 5.75 Å². The molecule has 2 atom stereocenters. The van der Waals surface area contributed by atoms with Crippen molar-refractivity contribution < 1.29 is 9.84 Å². The number of likely N-dealkylation sites (tertiary alicyclic amines) is 1. The van der Waals surface area contributed by atoms with Crippen molar-refractivity contribution in [1.82, 2.24) is 9.88 Å². The first kappa shape index (κ1) is 19.7. The number of hydrogen-bond acceptors (Lipinski definition) is 3. The lowest BCUT2D eigenvalue weighted by molar-refractivity contribution is -0.100. The van der Waals surface area contributed by atoms with Gasteiger partial charge in [0.15, 0.2) is 0 Å². The molecule has 5 rings (SSSR count). The second kappa shape index (κ2) is 7.16. The number of para-hydroxylation sites is 1. The van der Waals surface area contributed by atoms with Crippen molar-refractivity contribution in [2.45, 2.75) is 30.3 Å². The van der Waals surface area contributed by atoms with Gasteiger partial charge in [-0.25, -0.2) is 0 Å². The Balaban J connectivity index is 1.70. The van der Waals surface area contributed by atoms with Crippen LogP contribution in [-0.4, -0.2) is 47.3 Å². The molecule has 1 aliphatic heterocycles. The average molecular weight is 423 g/mol. The predicted molar refractivity (Wildman–Crippen MR) is 122 cm³/mol. The molecule has 0 unspecified atom stereocenters. The molecule has 2 heterocycles. The summed E-state index contributed by atoms with van der Waals surface area (Å²) < 4.78 is 5.52. The first-order valence-electron chi connectivity index (χ1n) is 10.5. The maximum absolute atomic E-state index is 12.3. The average Bonchev–Trinajstić information content (AvgIpc) is 3.10. The second-order valence-electron chi connectivity index (χ2n) is 8.72. The lowest BCUT2D eigenvalue weighted by atomic mass is 9.56. The van der Waals surface area contributed by atoms with E-state index in [9.17, 15) is 5.11 Å². The van der Waals surface area contributed by atoms with Crippen LogP contribution in [0.3, 0.4) is 0 Å². The summed E-state index contributed by atoms with van der Waals surface area (Å²) in [6, 6.07) is 14.2. The Kier molecular flexibility index (Phi) is 4.69. The van der Waals surface area contributed by atoms with Gasteiger partial charge in [-0.1, -0.05) is 41.9 Å². The van der Waals surface area contributed by atoms with Gasteiger partial charge in [0.2, 0.25) is 0 Å². The van der Waals surface area contributed by atoms with Crippen LogP contribution in [0.4, 0.5) is 0 Å². The van der Waals surface area contributed by atoms with Crippen LogP contribution in [0, 0.1) is 0 Å². The monoisotopic (exact) mass is 422 g/mol. The molecule has 0 radical (unpaired) electrons. The number of aliphatic hydroxyl groups is 1. The molecule has 0 spiro atoms. The number of rotatable bonds is 4. The van der Waals surface area contributed by atoms with Gasteiger partial charge in [-0.2, -0.15) is 0 Å². The number of hydrogen-bond donors (Lipinski definition) is 2. The molecule has 2 aromatic carbocycles.